The van der Waals surface area contributed by atoms with E-state index >= 15 is 0 Å². The summed E-state index contributed by atoms with van der Waals surface area (Å²) in [5.74, 6) is 0.525. The quantitative estimate of drug-likeness (QED) is 0.395. The molecule has 0 aliphatic heterocycles. The van der Waals surface area contributed by atoms with Gasteiger partial charge < -0.3 is 9.47 Å². The Bertz CT molecular complexity index is 972. The second-order valence-electron chi connectivity index (χ2n) is 6.68. The highest BCUT2D eigenvalue weighted by molar-refractivity contribution is 9.10. The Kier molecular flexibility index (Phi) is 7.25. The largest absolute Gasteiger partial charge is 0.490 e. The molecular formula is C25H23BrO3. The average Bonchev–Trinajstić information content (AvgIpc) is 2.75. The average molecular weight is 451 g/mol. The molecule has 0 unspecified atom stereocenters. The molecule has 0 bridgehead atoms. The molecule has 3 aromatic rings. The van der Waals surface area contributed by atoms with Gasteiger partial charge in [-0.2, -0.15) is 0 Å². The Hall–Kier alpha value is -2.85. The standard InChI is InChI=1S/C25H23BrO3/c1-18(15-16-29-24-13-3-19(4-14-24)17-25(27)28-2)20-5-7-21(8-6-20)22-9-11-23(26)12-10-22/h3-15H,16-17H2,1-2H3/b18-15+. The second-order valence-corrected chi connectivity index (χ2v) is 7.59. The molecule has 0 atom stereocenters. The first-order valence-corrected chi connectivity index (χ1v) is 10.2. The highest BCUT2D eigenvalue weighted by atomic mass is 79.9. The van der Waals surface area contributed by atoms with Crippen LogP contribution in [0.4, 0.5) is 0 Å². The van der Waals surface area contributed by atoms with Crippen molar-refractivity contribution in [1.29, 1.82) is 0 Å². The summed E-state index contributed by atoms with van der Waals surface area (Å²) in [5.41, 5.74) is 5.62. The van der Waals surface area contributed by atoms with Crippen molar-refractivity contribution in [3.8, 4) is 16.9 Å². The lowest BCUT2D eigenvalue weighted by atomic mass is 10.0. The molecule has 0 aliphatic rings. The number of ether oxygens (including phenoxy) is 2. The van der Waals surface area contributed by atoms with Crippen LogP contribution in [0.3, 0.4) is 0 Å². The SMILES string of the molecule is COC(=O)Cc1ccc(OC/C=C(\C)c2ccc(-c3ccc(Br)cc3)cc2)cc1. The Balaban J connectivity index is 1.57. The summed E-state index contributed by atoms with van der Waals surface area (Å²) >= 11 is 3.47. The maximum Gasteiger partial charge on any atom is 0.309 e. The van der Waals surface area contributed by atoms with Crippen LogP contribution in [0.15, 0.2) is 83.3 Å². The van der Waals surface area contributed by atoms with Crippen molar-refractivity contribution >= 4 is 27.5 Å². The summed E-state index contributed by atoms with van der Waals surface area (Å²) in [6.45, 7) is 2.56. The maximum atomic E-state index is 11.3. The number of methoxy groups -OCH3 is 1. The Labute approximate surface area is 180 Å². The van der Waals surface area contributed by atoms with Gasteiger partial charge in [-0.25, -0.2) is 0 Å². The van der Waals surface area contributed by atoms with Crippen molar-refractivity contribution in [3.63, 3.8) is 0 Å². The minimum Gasteiger partial charge on any atom is -0.490 e. The summed E-state index contributed by atoms with van der Waals surface area (Å²) in [7, 11) is 1.39. The van der Waals surface area contributed by atoms with Crippen LogP contribution in [-0.2, 0) is 16.0 Å². The molecule has 0 spiro atoms. The van der Waals surface area contributed by atoms with E-state index < -0.39 is 0 Å². The molecule has 0 fully saturated rings. The summed E-state index contributed by atoms with van der Waals surface area (Å²) in [5, 5.41) is 0. The zero-order valence-corrected chi connectivity index (χ0v) is 18.1. The molecule has 0 saturated carbocycles. The number of carbonyl (C=O) groups excluding carboxylic acids is 1. The Morgan fingerprint density at radius 2 is 1.48 bits per heavy atom. The van der Waals surface area contributed by atoms with Crippen LogP contribution in [0.2, 0.25) is 0 Å². The van der Waals surface area contributed by atoms with Crippen molar-refractivity contribution < 1.29 is 14.3 Å². The minimum atomic E-state index is -0.247. The number of allylic oxidation sites excluding steroid dienone is 1. The molecule has 148 valence electrons. The molecule has 0 N–H and O–H groups in total. The summed E-state index contributed by atoms with van der Waals surface area (Å²) < 4.78 is 11.5. The molecule has 0 aromatic heterocycles. The number of hydrogen-bond acceptors (Lipinski definition) is 3. The fourth-order valence-electron chi connectivity index (χ4n) is 2.89. The second kappa shape index (κ2) is 10.1. The number of halogens is 1. The van der Waals surface area contributed by atoms with E-state index in [1.807, 2.05) is 36.4 Å². The number of benzene rings is 3. The summed E-state index contributed by atoms with van der Waals surface area (Å²) in [4.78, 5) is 11.3. The number of esters is 1. The third-order valence-electron chi connectivity index (χ3n) is 4.66. The van der Waals surface area contributed by atoms with Gasteiger partial charge in [-0.3, -0.25) is 4.79 Å². The molecular weight excluding hydrogens is 428 g/mol. The highest BCUT2D eigenvalue weighted by Crippen LogP contribution is 2.24. The zero-order valence-electron chi connectivity index (χ0n) is 16.5. The van der Waals surface area contributed by atoms with Crippen LogP contribution < -0.4 is 4.74 Å². The third-order valence-corrected chi connectivity index (χ3v) is 5.19. The predicted molar refractivity (Wildman–Crippen MR) is 121 cm³/mol. The van der Waals surface area contributed by atoms with Crippen molar-refractivity contribution in [2.24, 2.45) is 0 Å². The molecule has 4 heteroatoms. The van der Waals surface area contributed by atoms with Crippen molar-refractivity contribution in [1.82, 2.24) is 0 Å². The fourth-order valence-corrected chi connectivity index (χ4v) is 3.16. The van der Waals surface area contributed by atoms with Gasteiger partial charge in [-0.15, -0.1) is 0 Å². The van der Waals surface area contributed by atoms with E-state index in [1.165, 1.54) is 23.8 Å². The van der Waals surface area contributed by atoms with Gasteiger partial charge in [0.25, 0.3) is 0 Å². The van der Waals surface area contributed by atoms with E-state index in [1.54, 1.807) is 0 Å². The van der Waals surface area contributed by atoms with E-state index in [-0.39, 0.29) is 12.4 Å². The van der Waals surface area contributed by atoms with Crippen molar-refractivity contribution in [2.45, 2.75) is 13.3 Å². The Morgan fingerprint density at radius 1 is 0.897 bits per heavy atom. The Morgan fingerprint density at radius 3 is 2.07 bits per heavy atom. The van der Waals surface area contributed by atoms with Gasteiger partial charge >= 0.3 is 5.97 Å². The molecule has 29 heavy (non-hydrogen) atoms. The first-order chi connectivity index (χ1) is 14.0. The lowest BCUT2D eigenvalue weighted by molar-refractivity contribution is -0.139. The monoisotopic (exact) mass is 450 g/mol. The van der Waals surface area contributed by atoms with E-state index in [9.17, 15) is 4.79 Å². The zero-order chi connectivity index (χ0) is 20.6. The third kappa shape index (κ3) is 6.06. The first-order valence-electron chi connectivity index (χ1n) is 9.37. The van der Waals surface area contributed by atoms with Crippen LogP contribution in [0.1, 0.15) is 18.1 Å². The lowest BCUT2D eigenvalue weighted by Gasteiger charge is -2.07. The van der Waals surface area contributed by atoms with Gasteiger partial charge in [0, 0.05) is 4.47 Å². The molecule has 0 aliphatic carbocycles. The van der Waals surface area contributed by atoms with Crippen LogP contribution in [0.5, 0.6) is 5.75 Å². The van der Waals surface area contributed by atoms with E-state index in [0.717, 1.165) is 21.4 Å². The first kappa shape index (κ1) is 20.9. The van der Waals surface area contributed by atoms with Crippen LogP contribution in [-0.4, -0.2) is 19.7 Å². The number of rotatable bonds is 7. The van der Waals surface area contributed by atoms with Crippen LogP contribution in [0.25, 0.3) is 16.7 Å². The van der Waals surface area contributed by atoms with E-state index in [2.05, 4.69) is 70.1 Å². The van der Waals surface area contributed by atoms with Gasteiger partial charge in [0.1, 0.15) is 12.4 Å². The van der Waals surface area contributed by atoms with Gasteiger partial charge in [0.15, 0.2) is 0 Å². The maximum absolute atomic E-state index is 11.3. The molecule has 0 radical (unpaired) electrons. The highest BCUT2D eigenvalue weighted by Gasteiger charge is 2.03. The summed E-state index contributed by atoms with van der Waals surface area (Å²) in [6.07, 6.45) is 2.34. The fraction of sp³-hybridized carbons (Fsp3) is 0.160. The minimum absolute atomic E-state index is 0.247. The molecule has 0 amide bonds. The van der Waals surface area contributed by atoms with Crippen molar-refractivity contribution in [3.05, 3.63) is 94.5 Å². The molecule has 3 aromatic carbocycles. The van der Waals surface area contributed by atoms with E-state index in [4.69, 9.17) is 4.74 Å². The summed E-state index contributed by atoms with van der Waals surface area (Å²) in [6, 6.07) is 24.3. The number of hydrogen-bond donors (Lipinski definition) is 0. The van der Waals surface area contributed by atoms with Crippen LogP contribution in [0, 0.1) is 0 Å². The van der Waals surface area contributed by atoms with Gasteiger partial charge in [-0.1, -0.05) is 64.5 Å². The molecule has 0 heterocycles. The number of carbonyl (C=O) groups is 1. The molecule has 0 saturated heterocycles. The van der Waals surface area contributed by atoms with Crippen LogP contribution >= 0.6 is 15.9 Å². The smallest absolute Gasteiger partial charge is 0.309 e. The predicted octanol–water partition coefficient (Wildman–Crippen LogP) is 6.31. The normalized spacial score (nSPS) is 11.2. The van der Waals surface area contributed by atoms with Crippen molar-refractivity contribution in [2.75, 3.05) is 13.7 Å². The lowest BCUT2D eigenvalue weighted by Crippen LogP contribution is -2.04. The van der Waals surface area contributed by atoms with Gasteiger partial charge in [0.05, 0.1) is 13.5 Å². The van der Waals surface area contributed by atoms with E-state index in [0.29, 0.717) is 6.61 Å². The topological polar surface area (TPSA) is 35.5 Å². The van der Waals surface area contributed by atoms with Gasteiger partial charge in [-0.05, 0) is 65.1 Å². The molecule has 3 rings (SSSR count). The molecule has 3 nitrogen and oxygen atoms in total. The van der Waals surface area contributed by atoms with Gasteiger partial charge in [0.2, 0.25) is 0 Å².